The van der Waals surface area contributed by atoms with Crippen molar-refractivity contribution in [3.05, 3.63) is 0 Å². The molecule has 2 amide bonds. The normalized spacial score (nSPS) is 6.93. The van der Waals surface area contributed by atoms with E-state index in [1.165, 1.54) is 20.8 Å². The molecule has 0 unspecified atom stereocenters. The smallest absolute Gasteiger partial charge is 0.303 e. The highest BCUT2D eigenvalue weighted by Crippen LogP contribution is 1.82. The van der Waals surface area contributed by atoms with E-state index in [4.69, 9.17) is 30.0 Å². The van der Waals surface area contributed by atoms with Gasteiger partial charge in [-0.3, -0.25) is 24.0 Å². The van der Waals surface area contributed by atoms with Crippen molar-refractivity contribution in [3.8, 4) is 0 Å². The van der Waals surface area contributed by atoms with Crippen LogP contribution in [0.1, 0.15) is 54.4 Å². The summed E-state index contributed by atoms with van der Waals surface area (Å²) in [4.78, 5) is 55.6. The Bertz CT molecular complexity index is 359. The minimum atomic E-state index is -0.833. The van der Waals surface area contributed by atoms with E-state index in [-0.39, 0.29) is 11.7 Å². The monoisotopic (exact) mass is 400 g/mol. The summed E-state index contributed by atoms with van der Waals surface area (Å²) in [6.07, 6.45) is 1.02. The average Bonchev–Trinajstić information content (AvgIpc) is 2.36. The fraction of sp³-hybridized carbons (Fsp3) is 0.600. The fourth-order valence-electron chi connectivity index (χ4n) is 0.214. The van der Waals surface area contributed by atoms with Gasteiger partial charge in [-0.2, -0.15) is 0 Å². The third kappa shape index (κ3) is 2580. The van der Waals surface area contributed by atoms with Gasteiger partial charge in [-0.1, -0.05) is 6.92 Å². The van der Waals surface area contributed by atoms with Crippen molar-refractivity contribution in [2.75, 3.05) is 6.61 Å². The molecular formula is C15H32N2O10. The van der Waals surface area contributed by atoms with E-state index in [1.807, 2.05) is 6.92 Å². The summed E-state index contributed by atoms with van der Waals surface area (Å²) in [6.45, 7) is 7.81. The van der Waals surface area contributed by atoms with Crippen molar-refractivity contribution >= 4 is 35.5 Å². The molecule has 12 heteroatoms. The van der Waals surface area contributed by atoms with Crippen molar-refractivity contribution in [2.24, 2.45) is 11.5 Å². The van der Waals surface area contributed by atoms with E-state index in [1.54, 1.807) is 0 Å². The molecule has 0 heterocycles. The molecule has 0 saturated heterocycles. The number of carbonyl (C=O) groups excluding carboxylic acids is 3. The zero-order valence-corrected chi connectivity index (χ0v) is 16.5. The van der Waals surface area contributed by atoms with Crippen LogP contribution < -0.4 is 11.5 Å². The summed E-state index contributed by atoms with van der Waals surface area (Å²) >= 11 is 0. The van der Waals surface area contributed by atoms with Crippen molar-refractivity contribution in [1.29, 1.82) is 0 Å². The number of aliphatic hydroxyl groups is 1. The molecule has 0 bridgehead atoms. The van der Waals surface area contributed by atoms with Crippen LogP contribution in [0.2, 0.25) is 0 Å². The predicted molar refractivity (Wildman–Crippen MR) is 96.7 cm³/mol. The highest BCUT2D eigenvalue weighted by atomic mass is 16.4. The van der Waals surface area contributed by atoms with Crippen LogP contribution in [0.3, 0.4) is 0 Å². The number of Topliss-reactive ketones (excluding diaryl/α,β-unsaturated/α-hetero) is 1. The van der Waals surface area contributed by atoms with Crippen LogP contribution in [0.5, 0.6) is 0 Å². The van der Waals surface area contributed by atoms with Crippen molar-refractivity contribution in [3.63, 3.8) is 0 Å². The quantitative estimate of drug-likeness (QED) is 0.358. The molecule has 0 saturated carbocycles. The maximum Gasteiger partial charge on any atom is 0.303 e. The molecule has 8 N–H and O–H groups in total. The molecule has 162 valence electrons. The summed E-state index contributed by atoms with van der Waals surface area (Å²) in [6, 6.07) is 0. The maximum atomic E-state index is 9.60. The van der Waals surface area contributed by atoms with Gasteiger partial charge in [0.25, 0.3) is 11.9 Å². The van der Waals surface area contributed by atoms with Gasteiger partial charge in [0, 0.05) is 27.2 Å². The second-order valence-corrected chi connectivity index (χ2v) is 4.33. The fourth-order valence-corrected chi connectivity index (χ4v) is 0.214. The van der Waals surface area contributed by atoms with Crippen LogP contribution in [0.4, 0.5) is 0 Å². The number of nitrogens with two attached hydrogens (primary N) is 2. The number of hydrogen-bond donors (Lipinski definition) is 6. The number of carboxylic acids is 3. The molecule has 0 aromatic carbocycles. The van der Waals surface area contributed by atoms with Crippen LogP contribution in [0.25, 0.3) is 0 Å². The van der Waals surface area contributed by atoms with Gasteiger partial charge >= 0.3 is 5.97 Å². The predicted octanol–water partition coefficient (Wildman–Crippen LogP) is -0.396. The Morgan fingerprint density at radius 3 is 0.889 bits per heavy atom. The average molecular weight is 400 g/mol. The molecule has 0 radical (unpaired) electrons. The van der Waals surface area contributed by atoms with Gasteiger partial charge in [0.05, 0.1) is 0 Å². The highest BCUT2D eigenvalue weighted by molar-refractivity contribution is 5.74. The number of aliphatic carboxylic acids is 3. The molecule has 0 aliphatic rings. The van der Waals surface area contributed by atoms with Crippen LogP contribution >= 0.6 is 0 Å². The zero-order chi connectivity index (χ0) is 23.6. The number of carboxylic acid groups (broad SMARTS) is 3. The molecule has 0 atom stereocenters. The largest absolute Gasteiger partial charge is 0.481 e. The molecule has 0 fully saturated rings. The van der Waals surface area contributed by atoms with Crippen molar-refractivity contribution in [2.45, 2.75) is 54.4 Å². The number of aliphatic hydroxyl groups excluding tert-OH is 1. The molecule has 27 heavy (non-hydrogen) atoms. The summed E-state index contributed by atoms with van der Waals surface area (Å²) < 4.78 is 0. The van der Waals surface area contributed by atoms with Crippen LogP contribution in [0.15, 0.2) is 0 Å². The number of amides is 2. The van der Waals surface area contributed by atoms with Crippen LogP contribution in [0, 0.1) is 0 Å². The van der Waals surface area contributed by atoms with Gasteiger partial charge in [-0.15, -0.1) is 0 Å². The van der Waals surface area contributed by atoms with Gasteiger partial charge in [-0.05, 0) is 20.3 Å². The lowest BCUT2D eigenvalue weighted by molar-refractivity contribution is -0.137. The van der Waals surface area contributed by atoms with Crippen LogP contribution in [-0.2, 0) is 28.8 Å². The standard InChI is InChI=1S/C4H8O2.C3H6O.C2H5NO2.C2H5NO.2C2H4O2/c1-2-3-4(5)6;1-3(2)4;3-2(5)1-4;3*1-2(3)4/h2-3H2,1H3,(H,5,6);1-2H3;4H,1H2,(H2,3,5);1H3,(H2,3,4);2*1H3,(H,3,4). The molecule has 0 aliphatic carbocycles. The minimum Gasteiger partial charge on any atom is -0.481 e. The summed E-state index contributed by atoms with van der Waals surface area (Å²) in [5.74, 6) is -3.23. The minimum absolute atomic E-state index is 0.167. The van der Waals surface area contributed by atoms with Crippen molar-refractivity contribution in [1.82, 2.24) is 0 Å². The third-order valence-corrected chi connectivity index (χ3v) is 0.620. The summed E-state index contributed by atoms with van der Waals surface area (Å²) in [7, 11) is 0. The molecule has 0 aromatic heterocycles. The Balaban J connectivity index is -0.0000000494. The van der Waals surface area contributed by atoms with Gasteiger partial charge in [0.15, 0.2) is 0 Å². The summed E-state index contributed by atoms with van der Waals surface area (Å²) in [5, 5.41) is 30.4. The first kappa shape index (κ1) is 39.2. The molecule has 0 rings (SSSR count). The Labute approximate surface area is 158 Å². The third-order valence-electron chi connectivity index (χ3n) is 0.620. The number of rotatable bonds is 3. The molecule has 0 aromatic rings. The van der Waals surface area contributed by atoms with Crippen LogP contribution in [-0.4, -0.2) is 62.5 Å². The number of ketones is 1. The SMILES string of the molecule is CC(=O)O.CC(=O)O.CC(C)=O.CC(N)=O.CCCC(=O)O.NC(=O)CO. The molecule has 12 nitrogen and oxygen atoms in total. The zero-order valence-electron chi connectivity index (χ0n) is 16.5. The summed E-state index contributed by atoms with van der Waals surface area (Å²) in [5.41, 5.74) is 8.88. The number of carbonyl (C=O) groups is 6. The Morgan fingerprint density at radius 1 is 0.741 bits per heavy atom. The van der Waals surface area contributed by atoms with E-state index in [2.05, 4.69) is 11.5 Å². The van der Waals surface area contributed by atoms with Gasteiger partial charge < -0.3 is 36.7 Å². The highest BCUT2D eigenvalue weighted by Gasteiger charge is 1.87. The van der Waals surface area contributed by atoms with E-state index >= 15 is 0 Å². The van der Waals surface area contributed by atoms with E-state index in [0.717, 1.165) is 20.3 Å². The number of primary amides is 2. The topological polar surface area (TPSA) is 235 Å². The van der Waals surface area contributed by atoms with E-state index in [0.29, 0.717) is 6.42 Å². The molecule has 0 spiro atoms. The van der Waals surface area contributed by atoms with Crippen molar-refractivity contribution < 1.29 is 49.2 Å². The van der Waals surface area contributed by atoms with Gasteiger partial charge in [-0.25, -0.2) is 0 Å². The first-order valence-corrected chi connectivity index (χ1v) is 7.20. The second-order valence-electron chi connectivity index (χ2n) is 4.33. The lowest BCUT2D eigenvalue weighted by Crippen LogP contribution is -2.14. The van der Waals surface area contributed by atoms with Gasteiger partial charge in [0.2, 0.25) is 11.8 Å². The first-order chi connectivity index (χ1) is 12.0. The molecule has 0 aliphatic heterocycles. The Kier molecular flexibility index (Phi) is 49.8. The lowest BCUT2D eigenvalue weighted by atomic mass is 10.4. The van der Waals surface area contributed by atoms with E-state index in [9.17, 15) is 19.2 Å². The molecular weight excluding hydrogens is 368 g/mol. The lowest BCUT2D eigenvalue weighted by Gasteiger charge is -1.79. The maximum absolute atomic E-state index is 9.60. The number of hydrogen-bond acceptors (Lipinski definition) is 7. The Morgan fingerprint density at radius 2 is 0.889 bits per heavy atom. The second kappa shape index (κ2) is 34.3. The van der Waals surface area contributed by atoms with E-state index < -0.39 is 30.4 Å². The first-order valence-electron chi connectivity index (χ1n) is 7.20. The van der Waals surface area contributed by atoms with Gasteiger partial charge in [0.1, 0.15) is 12.4 Å². The Hall–Kier alpha value is -3.02.